The maximum absolute atomic E-state index is 4.64. The van der Waals surface area contributed by atoms with Gasteiger partial charge in [-0.1, -0.05) is 18.7 Å². The smallest absolute Gasteiger partial charge is 0.00781 e. The molecule has 0 amide bonds. The van der Waals surface area contributed by atoms with Gasteiger partial charge in [-0.3, -0.25) is 0 Å². The molecule has 0 bridgehead atoms. The number of rotatable bonds is 0. The Labute approximate surface area is 38.3 Å². The van der Waals surface area contributed by atoms with Crippen molar-refractivity contribution in [2.24, 2.45) is 0 Å². The molecule has 0 unspecified atom stereocenters. The average molecular weight is 87.2 g/mol. The van der Waals surface area contributed by atoms with Crippen molar-refractivity contribution in [1.82, 2.24) is 0 Å². The highest BCUT2D eigenvalue weighted by Gasteiger charge is 1.64. The largest absolute Gasteiger partial charge is 0.0856 e. The van der Waals surface area contributed by atoms with E-state index in [-0.39, 0.29) is 0 Å². The van der Waals surface area contributed by atoms with Crippen LogP contribution in [0.4, 0.5) is 0 Å². The third-order valence-corrected chi connectivity index (χ3v) is 0.642. The molecule has 0 atom stereocenters. The molecule has 0 aromatic carbocycles. The Morgan fingerprint density at radius 2 is 2.00 bits per heavy atom. The molecule has 0 aliphatic heterocycles. The highest BCUT2D eigenvalue weighted by molar-refractivity contribution is 7.84. The van der Waals surface area contributed by atoms with Crippen molar-refractivity contribution in [3.63, 3.8) is 0 Å². The minimum Gasteiger partial charge on any atom is -0.0856 e. The summed E-state index contributed by atoms with van der Waals surface area (Å²) in [6.07, 6.45) is 1.90. The van der Waals surface area contributed by atoms with Crippen LogP contribution in [0.5, 0.6) is 0 Å². The van der Waals surface area contributed by atoms with E-state index in [1.54, 1.807) is 0 Å². The van der Waals surface area contributed by atoms with Gasteiger partial charge in [-0.15, -0.1) is 0 Å². The molecule has 0 aromatic rings. The van der Waals surface area contributed by atoms with Gasteiger partial charge in [0, 0.05) is 4.91 Å². The van der Waals surface area contributed by atoms with Gasteiger partial charge >= 0.3 is 0 Å². The fourth-order valence-corrected chi connectivity index (χ4v) is 0. The molecule has 0 aliphatic carbocycles. The van der Waals surface area contributed by atoms with E-state index < -0.39 is 0 Å². The van der Waals surface area contributed by atoms with Gasteiger partial charge < -0.3 is 0 Å². The van der Waals surface area contributed by atoms with Crippen LogP contribution in [0, 0.1) is 0 Å². The van der Waals surface area contributed by atoms with Crippen molar-refractivity contribution in [1.29, 1.82) is 0 Å². The summed E-state index contributed by atoms with van der Waals surface area (Å²) in [7, 11) is 0. The van der Waals surface area contributed by atoms with E-state index in [2.05, 4.69) is 12.6 Å². The second kappa shape index (κ2) is 2.21. The van der Waals surface area contributed by atoms with Crippen LogP contribution in [0.3, 0.4) is 0 Å². The summed E-state index contributed by atoms with van der Waals surface area (Å²) in [4.78, 5) is 0.963. The minimum atomic E-state index is 0.963. The zero-order valence-corrected chi connectivity index (χ0v) is 4.30. The molecule has 0 aliphatic rings. The molecule has 1 radical (unpaired) electrons. The molecular weight excluding hydrogens is 80.1 g/mol. The zero-order valence-electron chi connectivity index (χ0n) is 3.49. The molecule has 0 saturated heterocycles. The van der Waals surface area contributed by atoms with E-state index in [0.29, 0.717) is 0 Å². The lowest BCUT2D eigenvalue weighted by molar-refractivity contribution is 1.61. The summed E-state index contributed by atoms with van der Waals surface area (Å²) < 4.78 is 0. The first-order valence-corrected chi connectivity index (χ1v) is 1.98. The van der Waals surface area contributed by atoms with Crippen LogP contribution in [0.1, 0.15) is 13.8 Å². The monoisotopic (exact) mass is 87.0 g/mol. The Morgan fingerprint density at radius 1 is 1.80 bits per heavy atom. The second-order valence-electron chi connectivity index (χ2n) is 0.899. The van der Waals surface area contributed by atoms with Gasteiger partial charge in [0.05, 0.1) is 0 Å². The first kappa shape index (κ1) is 4.96. The summed E-state index contributed by atoms with van der Waals surface area (Å²) in [5.74, 6) is 0. The Kier molecular flexibility index (Phi) is 2.19. The van der Waals surface area contributed by atoms with E-state index >= 15 is 0 Å². The normalized spacial score (nSPS) is 12.0. The predicted octanol–water partition coefficient (Wildman–Crippen LogP) is 2.11. The quantitative estimate of drug-likeness (QED) is 0.424. The molecule has 0 aromatic heterocycles. The lowest BCUT2D eigenvalue weighted by Crippen LogP contribution is -1.45. The lowest BCUT2D eigenvalue weighted by Gasteiger charge is -1.70. The van der Waals surface area contributed by atoms with Crippen LogP contribution in [0.15, 0.2) is 11.0 Å². The van der Waals surface area contributed by atoms with E-state index in [1.807, 2.05) is 19.9 Å². The van der Waals surface area contributed by atoms with E-state index in [4.69, 9.17) is 0 Å². The van der Waals surface area contributed by atoms with Gasteiger partial charge in [0.1, 0.15) is 0 Å². The molecule has 0 heterocycles. The van der Waals surface area contributed by atoms with E-state index in [0.717, 1.165) is 4.91 Å². The molecular formula is C4H7S. The summed E-state index contributed by atoms with van der Waals surface area (Å²) in [6.45, 7) is 3.83. The topological polar surface area (TPSA) is 0 Å². The number of hydrogen-bond donors (Lipinski definition) is 0. The third kappa shape index (κ3) is 3.96. The molecule has 0 spiro atoms. The van der Waals surface area contributed by atoms with Gasteiger partial charge in [0.25, 0.3) is 0 Å². The van der Waals surface area contributed by atoms with Gasteiger partial charge in [0.2, 0.25) is 0 Å². The molecule has 1 heteroatoms. The van der Waals surface area contributed by atoms with Crippen LogP contribution >= 0.6 is 12.6 Å². The zero-order chi connectivity index (χ0) is 4.28. The first-order chi connectivity index (χ1) is 2.27. The summed E-state index contributed by atoms with van der Waals surface area (Å²) >= 11 is 4.64. The first-order valence-electron chi connectivity index (χ1n) is 1.57. The molecule has 29 valence electrons. The van der Waals surface area contributed by atoms with Gasteiger partial charge in [-0.05, 0) is 13.8 Å². The molecule has 0 rings (SSSR count). The van der Waals surface area contributed by atoms with Gasteiger partial charge in [0.15, 0.2) is 0 Å². The van der Waals surface area contributed by atoms with Crippen molar-refractivity contribution in [2.45, 2.75) is 13.8 Å². The summed E-state index contributed by atoms with van der Waals surface area (Å²) in [6, 6.07) is 0. The minimum absolute atomic E-state index is 0.963. The van der Waals surface area contributed by atoms with Crippen molar-refractivity contribution in [3.05, 3.63) is 11.0 Å². The Morgan fingerprint density at radius 3 is 2.00 bits per heavy atom. The number of hydrogen-bond acceptors (Lipinski definition) is 0. The molecule has 5 heavy (non-hydrogen) atoms. The molecule has 0 fully saturated rings. The van der Waals surface area contributed by atoms with Crippen LogP contribution in [-0.4, -0.2) is 0 Å². The van der Waals surface area contributed by atoms with Gasteiger partial charge in [-0.2, -0.15) is 0 Å². The van der Waals surface area contributed by atoms with E-state index in [9.17, 15) is 0 Å². The Hall–Kier alpha value is -0.0400. The van der Waals surface area contributed by atoms with Crippen molar-refractivity contribution in [2.75, 3.05) is 0 Å². The fourth-order valence-electron chi connectivity index (χ4n) is 0. The summed E-state index contributed by atoms with van der Waals surface area (Å²) in [5, 5.41) is 0. The lowest BCUT2D eigenvalue weighted by atomic mass is 10.6. The van der Waals surface area contributed by atoms with Crippen LogP contribution in [-0.2, 0) is 0 Å². The highest BCUT2D eigenvalue weighted by Crippen LogP contribution is 1.92. The van der Waals surface area contributed by atoms with Crippen LogP contribution in [0.25, 0.3) is 0 Å². The predicted molar refractivity (Wildman–Crippen MR) is 27.0 cm³/mol. The van der Waals surface area contributed by atoms with Crippen molar-refractivity contribution < 1.29 is 0 Å². The van der Waals surface area contributed by atoms with Crippen LogP contribution in [0.2, 0.25) is 0 Å². The fraction of sp³-hybridized carbons (Fsp3) is 0.500. The van der Waals surface area contributed by atoms with E-state index in [1.165, 1.54) is 0 Å². The van der Waals surface area contributed by atoms with Crippen molar-refractivity contribution in [3.8, 4) is 0 Å². The van der Waals surface area contributed by atoms with Gasteiger partial charge in [-0.25, -0.2) is 0 Å². The third-order valence-electron chi connectivity index (χ3n) is 0.407. The SMILES string of the molecule is CC=C(C)[S]. The molecule has 0 saturated carbocycles. The maximum Gasteiger partial charge on any atom is 0.00781 e. The van der Waals surface area contributed by atoms with Crippen molar-refractivity contribution >= 4 is 12.6 Å². The average Bonchev–Trinajstić information content (AvgIpc) is 1.38. The van der Waals surface area contributed by atoms with Crippen LogP contribution < -0.4 is 0 Å². The Bertz CT molecular complexity index is 41.6. The highest BCUT2D eigenvalue weighted by atomic mass is 32.1. The molecule has 0 N–H and O–H groups in total. The molecule has 0 nitrogen and oxygen atoms in total. The number of allylic oxidation sites excluding steroid dienone is 2. The Balaban J connectivity index is 3.14. The second-order valence-corrected chi connectivity index (χ2v) is 1.54. The standard InChI is InChI=1S/C4H7S/c1-3-4(2)5/h3H,1-2H3. The summed E-state index contributed by atoms with van der Waals surface area (Å²) in [5.41, 5.74) is 0. The maximum atomic E-state index is 4.64.